The van der Waals surface area contributed by atoms with Crippen LogP contribution in [-0.4, -0.2) is 4.57 Å². The molecule has 0 radical (unpaired) electrons. The maximum atomic E-state index is 2.38. The van der Waals surface area contributed by atoms with Crippen LogP contribution < -0.4 is 0 Å². The van der Waals surface area contributed by atoms with E-state index in [1.54, 1.807) is 0 Å². The van der Waals surface area contributed by atoms with Gasteiger partial charge in [0.15, 0.2) is 0 Å². The first-order valence-corrected chi connectivity index (χ1v) is 10.9. The van der Waals surface area contributed by atoms with Gasteiger partial charge in [-0.3, -0.25) is 0 Å². The monoisotopic (exact) mass is 395 g/mol. The van der Waals surface area contributed by atoms with Crippen molar-refractivity contribution in [2.45, 2.75) is 6.42 Å². The smallest absolute Gasteiger partial charge is 0.0495 e. The van der Waals surface area contributed by atoms with E-state index in [-0.39, 0.29) is 0 Å². The minimum atomic E-state index is 1.03. The van der Waals surface area contributed by atoms with Crippen LogP contribution in [0.25, 0.3) is 54.8 Å². The number of benzene rings is 5. The van der Waals surface area contributed by atoms with Crippen molar-refractivity contribution in [2.24, 2.45) is 7.05 Å². The van der Waals surface area contributed by atoms with E-state index in [9.17, 15) is 0 Å². The van der Waals surface area contributed by atoms with Crippen LogP contribution in [-0.2, 0) is 13.5 Å². The van der Waals surface area contributed by atoms with Gasteiger partial charge in [-0.2, -0.15) is 0 Å². The maximum absolute atomic E-state index is 2.38. The summed E-state index contributed by atoms with van der Waals surface area (Å²) in [6.45, 7) is 0. The van der Waals surface area contributed by atoms with Crippen LogP contribution >= 0.6 is 0 Å². The third-order valence-corrected chi connectivity index (χ3v) is 7.00. The zero-order valence-electron chi connectivity index (χ0n) is 17.4. The maximum Gasteiger partial charge on any atom is 0.0495 e. The lowest BCUT2D eigenvalue weighted by Crippen LogP contribution is -1.88. The fourth-order valence-electron chi connectivity index (χ4n) is 5.39. The summed E-state index contributed by atoms with van der Waals surface area (Å²) < 4.78 is 2.34. The third kappa shape index (κ3) is 2.38. The first-order valence-electron chi connectivity index (χ1n) is 10.9. The lowest BCUT2D eigenvalue weighted by atomic mass is 9.98. The molecule has 0 unspecified atom stereocenters. The number of fused-ring (bicyclic) bond motifs is 7. The zero-order valence-corrected chi connectivity index (χ0v) is 17.4. The molecule has 1 aliphatic rings. The highest BCUT2D eigenvalue weighted by atomic mass is 14.9. The van der Waals surface area contributed by atoms with E-state index in [1.807, 2.05) is 0 Å². The van der Waals surface area contributed by atoms with Gasteiger partial charge in [0.2, 0.25) is 0 Å². The molecule has 0 saturated heterocycles. The molecule has 146 valence electrons. The molecule has 0 spiro atoms. The zero-order chi connectivity index (χ0) is 20.5. The van der Waals surface area contributed by atoms with E-state index in [2.05, 4.69) is 109 Å². The molecule has 1 heterocycles. The van der Waals surface area contributed by atoms with E-state index in [0.717, 1.165) is 6.42 Å². The highest BCUT2D eigenvalue weighted by Crippen LogP contribution is 2.39. The Hall–Kier alpha value is -3.84. The Labute approximate surface area is 181 Å². The van der Waals surface area contributed by atoms with Crippen LogP contribution in [0.1, 0.15) is 11.1 Å². The van der Waals surface area contributed by atoms with Crippen molar-refractivity contribution in [3.8, 4) is 22.3 Å². The summed E-state index contributed by atoms with van der Waals surface area (Å²) in [5, 5.41) is 5.23. The SMILES string of the molecule is Cn1c2cc(-c3ccc4c(c3)Cc3ccccc3-4)ccc2c2cc3ccccc3cc21. The number of nitrogens with zero attached hydrogens (tertiary/aromatic N) is 1. The van der Waals surface area contributed by atoms with Gasteiger partial charge in [-0.15, -0.1) is 0 Å². The number of hydrogen-bond donors (Lipinski definition) is 0. The van der Waals surface area contributed by atoms with Gasteiger partial charge >= 0.3 is 0 Å². The van der Waals surface area contributed by atoms with Crippen molar-refractivity contribution in [3.05, 3.63) is 108 Å². The van der Waals surface area contributed by atoms with Crippen molar-refractivity contribution in [1.29, 1.82) is 0 Å². The normalized spacial score (nSPS) is 12.5. The number of hydrogen-bond acceptors (Lipinski definition) is 0. The van der Waals surface area contributed by atoms with E-state index < -0.39 is 0 Å². The summed E-state index contributed by atoms with van der Waals surface area (Å²) in [4.78, 5) is 0. The van der Waals surface area contributed by atoms with Crippen molar-refractivity contribution >= 4 is 32.6 Å². The predicted molar refractivity (Wildman–Crippen MR) is 132 cm³/mol. The third-order valence-electron chi connectivity index (χ3n) is 7.00. The van der Waals surface area contributed by atoms with Gasteiger partial charge in [0.25, 0.3) is 0 Å². The molecule has 0 amide bonds. The molecule has 6 aromatic rings. The van der Waals surface area contributed by atoms with Gasteiger partial charge in [0.05, 0.1) is 0 Å². The first kappa shape index (κ1) is 16.9. The van der Waals surface area contributed by atoms with Gasteiger partial charge in [-0.25, -0.2) is 0 Å². The topological polar surface area (TPSA) is 4.93 Å². The Morgan fingerprint density at radius 1 is 0.548 bits per heavy atom. The van der Waals surface area contributed by atoms with Crippen LogP contribution in [0.3, 0.4) is 0 Å². The van der Waals surface area contributed by atoms with Crippen LogP contribution in [0.2, 0.25) is 0 Å². The summed E-state index contributed by atoms with van der Waals surface area (Å²) in [5.41, 5.74) is 10.8. The molecule has 7 rings (SSSR count). The van der Waals surface area contributed by atoms with Gasteiger partial charge < -0.3 is 4.57 Å². The second-order valence-corrected chi connectivity index (χ2v) is 8.71. The van der Waals surface area contributed by atoms with Crippen LogP contribution in [0.4, 0.5) is 0 Å². The van der Waals surface area contributed by atoms with Crippen LogP contribution in [0.5, 0.6) is 0 Å². The molecular weight excluding hydrogens is 374 g/mol. The average molecular weight is 396 g/mol. The highest BCUT2D eigenvalue weighted by Gasteiger charge is 2.18. The van der Waals surface area contributed by atoms with E-state index >= 15 is 0 Å². The molecule has 31 heavy (non-hydrogen) atoms. The molecule has 1 heteroatoms. The Bertz CT molecular complexity index is 1670. The second-order valence-electron chi connectivity index (χ2n) is 8.71. The second kappa shape index (κ2) is 6.09. The van der Waals surface area contributed by atoms with Crippen LogP contribution in [0.15, 0.2) is 97.1 Å². The molecule has 1 aliphatic carbocycles. The number of rotatable bonds is 1. The summed E-state index contributed by atoms with van der Waals surface area (Å²) in [6.07, 6.45) is 1.03. The lowest BCUT2D eigenvalue weighted by Gasteiger charge is -2.07. The fourth-order valence-corrected chi connectivity index (χ4v) is 5.39. The van der Waals surface area contributed by atoms with Crippen LogP contribution in [0, 0.1) is 0 Å². The minimum absolute atomic E-state index is 1.03. The highest BCUT2D eigenvalue weighted by molar-refractivity contribution is 6.13. The summed E-state index contributed by atoms with van der Waals surface area (Å²) >= 11 is 0. The van der Waals surface area contributed by atoms with Gasteiger partial charge in [-0.1, -0.05) is 78.9 Å². The molecule has 1 nitrogen and oxygen atoms in total. The molecule has 0 bridgehead atoms. The Morgan fingerprint density at radius 3 is 2.13 bits per heavy atom. The number of aromatic nitrogens is 1. The van der Waals surface area contributed by atoms with E-state index in [4.69, 9.17) is 0 Å². The van der Waals surface area contributed by atoms with Crippen molar-refractivity contribution in [2.75, 3.05) is 0 Å². The van der Waals surface area contributed by atoms with Gasteiger partial charge in [0.1, 0.15) is 0 Å². The van der Waals surface area contributed by atoms with E-state index in [1.165, 1.54) is 66.0 Å². The first-order chi connectivity index (χ1) is 15.3. The minimum Gasteiger partial charge on any atom is -0.344 e. The Morgan fingerprint density at radius 2 is 1.23 bits per heavy atom. The number of aryl methyl sites for hydroxylation is 1. The van der Waals surface area contributed by atoms with Crippen molar-refractivity contribution in [3.63, 3.8) is 0 Å². The molecule has 0 N–H and O–H groups in total. The summed E-state index contributed by atoms with van der Waals surface area (Å²) in [6, 6.07) is 35.9. The predicted octanol–water partition coefficient (Wildman–Crippen LogP) is 7.72. The molecule has 1 aromatic heterocycles. The standard InChI is InChI=1S/C30H21N/c1-31-29-18-22(21-10-12-26-24(14-21)15-23-8-4-5-9-25(23)26)11-13-27(29)28-16-19-6-2-3-7-20(19)17-30(28)31/h2-14,16-18H,15H2,1H3. The lowest BCUT2D eigenvalue weighted by molar-refractivity contribution is 1.02. The fraction of sp³-hybridized carbons (Fsp3) is 0.0667. The van der Waals surface area contributed by atoms with Crippen molar-refractivity contribution < 1.29 is 0 Å². The van der Waals surface area contributed by atoms with Gasteiger partial charge in [-0.05, 0) is 68.8 Å². The molecule has 0 aliphatic heterocycles. The van der Waals surface area contributed by atoms with E-state index in [0.29, 0.717) is 0 Å². The summed E-state index contributed by atoms with van der Waals surface area (Å²) in [5.74, 6) is 0. The molecule has 0 atom stereocenters. The van der Waals surface area contributed by atoms with Gasteiger partial charge in [0, 0.05) is 28.9 Å². The molecule has 5 aromatic carbocycles. The molecular formula is C30H21N. The Kier molecular flexibility index (Phi) is 3.32. The summed E-state index contributed by atoms with van der Waals surface area (Å²) in [7, 11) is 2.18. The molecule has 0 fully saturated rings. The van der Waals surface area contributed by atoms with Crippen molar-refractivity contribution in [1.82, 2.24) is 4.57 Å². The Balaban J connectivity index is 1.40. The average Bonchev–Trinajstić information content (AvgIpc) is 3.32. The molecule has 0 saturated carbocycles. The quantitative estimate of drug-likeness (QED) is 0.268. The largest absolute Gasteiger partial charge is 0.344 e.